The van der Waals surface area contributed by atoms with E-state index in [0.717, 1.165) is 12.8 Å². The summed E-state index contributed by atoms with van der Waals surface area (Å²) in [5.41, 5.74) is -0.271. The molecule has 0 spiro atoms. The normalized spacial score (nSPS) is 19.5. The van der Waals surface area contributed by atoms with E-state index in [1.807, 2.05) is 13.8 Å². The number of hydrogen-bond donors (Lipinski definition) is 1. The Morgan fingerprint density at radius 3 is 2.79 bits per heavy atom. The fraction of sp³-hybridized carbons (Fsp3) is 0.786. The first-order valence-corrected chi connectivity index (χ1v) is 11.0. The molecule has 1 N–H and O–H groups in total. The van der Waals surface area contributed by atoms with Gasteiger partial charge in [0.2, 0.25) is 5.91 Å². The van der Waals surface area contributed by atoms with Crippen LogP contribution in [0, 0.1) is 0 Å². The molecule has 8 nitrogen and oxygen atoms in total. The van der Waals surface area contributed by atoms with E-state index < -0.39 is 9.84 Å². The predicted molar refractivity (Wildman–Crippen MR) is 92.9 cm³/mol. The maximum atomic E-state index is 12.5. The van der Waals surface area contributed by atoms with Crippen molar-refractivity contribution in [3.05, 3.63) is 10.5 Å². The fourth-order valence-electron chi connectivity index (χ4n) is 2.80. The van der Waals surface area contributed by atoms with Crippen LogP contribution < -0.4 is 5.69 Å². The second kappa shape index (κ2) is 8.19. The quantitative estimate of drug-likeness (QED) is 0.663. The molecule has 1 aromatic heterocycles. The van der Waals surface area contributed by atoms with Crippen LogP contribution in [0.4, 0.5) is 0 Å². The Morgan fingerprint density at radius 1 is 1.46 bits per heavy atom. The maximum Gasteiger partial charge on any atom is 0.343 e. The van der Waals surface area contributed by atoms with Crippen LogP contribution in [-0.4, -0.2) is 63.8 Å². The van der Waals surface area contributed by atoms with Gasteiger partial charge in [0, 0.05) is 19.1 Å². The summed E-state index contributed by atoms with van der Waals surface area (Å²) in [7, 11) is -3.03. The van der Waals surface area contributed by atoms with E-state index in [0.29, 0.717) is 24.7 Å². The standard InChI is InChI=1S/C14H24N4O4S2/c1-3-5-7-18-13(20)15-16-14(18)23-9-12(19)17(4-2)11-6-8-24(21,22)10-11/h11H,3-10H2,1-2H3,(H,15,20)/t11-/m1/s1. The van der Waals surface area contributed by atoms with Gasteiger partial charge in [0.25, 0.3) is 0 Å². The number of nitrogens with one attached hydrogen (secondary N) is 1. The number of H-pyrrole nitrogens is 1. The van der Waals surface area contributed by atoms with E-state index in [-0.39, 0.29) is 34.9 Å². The van der Waals surface area contributed by atoms with Gasteiger partial charge in [-0.15, -0.1) is 5.10 Å². The molecular formula is C14H24N4O4S2. The monoisotopic (exact) mass is 376 g/mol. The molecule has 0 bridgehead atoms. The van der Waals surface area contributed by atoms with Gasteiger partial charge in [-0.3, -0.25) is 9.36 Å². The van der Waals surface area contributed by atoms with E-state index in [2.05, 4.69) is 10.2 Å². The number of aromatic nitrogens is 3. The van der Waals surface area contributed by atoms with Crippen LogP contribution in [0.2, 0.25) is 0 Å². The minimum Gasteiger partial charge on any atom is -0.338 e. The molecule has 1 amide bonds. The molecule has 1 saturated heterocycles. The van der Waals surface area contributed by atoms with Gasteiger partial charge in [-0.2, -0.15) is 0 Å². The molecule has 0 aromatic carbocycles. The molecule has 0 unspecified atom stereocenters. The molecule has 0 radical (unpaired) electrons. The molecule has 1 fully saturated rings. The van der Waals surface area contributed by atoms with E-state index in [1.165, 1.54) is 16.3 Å². The molecule has 0 aliphatic carbocycles. The van der Waals surface area contributed by atoms with Crippen molar-refractivity contribution in [3.63, 3.8) is 0 Å². The van der Waals surface area contributed by atoms with Gasteiger partial charge < -0.3 is 4.90 Å². The number of hydrogen-bond acceptors (Lipinski definition) is 6. The highest BCUT2D eigenvalue weighted by molar-refractivity contribution is 7.99. The van der Waals surface area contributed by atoms with Crippen molar-refractivity contribution in [3.8, 4) is 0 Å². The summed E-state index contributed by atoms with van der Waals surface area (Å²) in [4.78, 5) is 25.8. The number of carbonyl (C=O) groups excluding carboxylic acids is 1. The van der Waals surface area contributed by atoms with Gasteiger partial charge in [-0.25, -0.2) is 18.3 Å². The molecule has 2 rings (SSSR count). The smallest absolute Gasteiger partial charge is 0.338 e. The maximum absolute atomic E-state index is 12.5. The molecule has 1 atom stereocenters. The second-order valence-corrected chi connectivity index (χ2v) is 9.01. The number of unbranched alkanes of at least 4 members (excludes halogenated alkanes) is 1. The first-order chi connectivity index (χ1) is 11.4. The van der Waals surface area contributed by atoms with Crippen molar-refractivity contribution in [1.82, 2.24) is 19.7 Å². The average Bonchev–Trinajstić information content (AvgIpc) is 3.06. The highest BCUT2D eigenvalue weighted by Gasteiger charge is 2.33. The van der Waals surface area contributed by atoms with Crippen molar-refractivity contribution in [1.29, 1.82) is 0 Å². The van der Waals surface area contributed by atoms with Gasteiger partial charge in [-0.1, -0.05) is 25.1 Å². The van der Waals surface area contributed by atoms with Crippen LogP contribution in [0.5, 0.6) is 0 Å². The summed E-state index contributed by atoms with van der Waals surface area (Å²) in [5.74, 6) is 0.203. The number of rotatable bonds is 8. The van der Waals surface area contributed by atoms with E-state index in [1.54, 1.807) is 4.90 Å². The third-order valence-corrected chi connectivity index (χ3v) is 6.80. The van der Waals surface area contributed by atoms with Crippen molar-refractivity contribution in [2.45, 2.75) is 50.9 Å². The van der Waals surface area contributed by atoms with E-state index in [9.17, 15) is 18.0 Å². The van der Waals surface area contributed by atoms with Gasteiger partial charge in [0.05, 0.1) is 17.3 Å². The number of amides is 1. The molecule has 1 aliphatic rings. The topological polar surface area (TPSA) is 105 Å². The first kappa shape index (κ1) is 19.0. The third-order valence-electron chi connectivity index (χ3n) is 4.09. The molecule has 136 valence electrons. The third kappa shape index (κ3) is 4.62. The molecule has 1 aliphatic heterocycles. The lowest BCUT2D eigenvalue weighted by molar-refractivity contribution is -0.129. The van der Waals surface area contributed by atoms with Crippen LogP contribution in [0.25, 0.3) is 0 Å². The highest BCUT2D eigenvalue weighted by atomic mass is 32.2. The SMILES string of the molecule is CCCCn1c(SCC(=O)N(CC)[C@@H]2CCS(=O)(=O)C2)n[nH]c1=O. The van der Waals surface area contributed by atoms with Crippen molar-refractivity contribution in [2.75, 3.05) is 23.8 Å². The van der Waals surface area contributed by atoms with Crippen molar-refractivity contribution < 1.29 is 13.2 Å². The van der Waals surface area contributed by atoms with Crippen molar-refractivity contribution >= 4 is 27.5 Å². The number of nitrogens with zero attached hydrogens (tertiary/aromatic N) is 3. The summed E-state index contributed by atoms with van der Waals surface area (Å²) < 4.78 is 24.8. The molecule has 1 aromatic rings. The Hall–Kier alpha value is -1.29. The van der Waals surface area contributed by atoms with Gasteiger partial charge in [0.1, 0.15) is 0 Å². The van der Waals surface area contributed by atoms with Crippen LogP contribution in [0.3, 0.4) is 0 Å². The summed E-state index contributed by atoms with van der Waals surface area (Å²) in [6, 6.07) is -0.241. The van der Waals surface area contributed by atoms with Gasteiger partial charge >= 0.3 is 5.69 Å². The number of aromatic amines is 1. The fourth-order valence-corrected chi connectivity index (χ4v) is 5.38. The zero-order chi connectivity index (χ0) is 17.7. The van der Waals surface area contributed by atoms with E-state index in [4.69, 9.17) is 0 Å². The van der Waals surface area contributed by atoms with Crippen LogP contribution in [0.1, 0.15) is 33.1 Å². The predicted octanol–water partition coefficient (Wildman–Crippen LogP) is 0.499. The van der Waals surface area contributed by atoms with Gasteiger partial charge in [-0.05, 0) is 19.8 Å². The molecule has 2 heterocycles. The number of thioether (sulfide) groups is 1. The van der Waals surface area contributed by atoms with Gasteiger partial charge in [0.15, 0.2) is 15.0 Å². The Labute approximate surface area is 145 Å². The minimum absolute atomic E-state index is 0.0425. The zero-order valence-corrected chi connectivity index (χ0v) is 15.7. The Balaban J connectivity index is 1.98. The molecular weight excluding hydrogens is 352 g/mol. The summed E-state index contributed by atoms with van der Waals surface area (Å²) in [6.45, 7) is 4.93. The number of carbonyl (C=O) groups is 1. The largest absolute Gasteiger partial charge is 0.343 e. The summed E-state index contributed by atoms with van der Waals surface area (Å²) in [5, 5.41) is 6.88. The Bertz CT molecular complexity index is 725. The Kier molecular flexibility index (Phi) is 6.50. The van der Waals surface area contributed by atoms with Crippen LogP contribution >= 0.6 is 11.8 Å². The summed E-state index contributed by atoms with van der Waals surface area (Å²) in [6.07, 6.45) is 2.32. The minimum atomic E-state index is -3.03. The van der Waals surface area contributed by atoms with Crippen LogP contribution in [0.15, 0.2) is 9.95 Å². The molecule has 24 heavy (non-hydrogen) atoms. The lowest BCUT2D eigenvalue weighted by atomic mass is 10.2. The van der Waals surface area contributed by atoms with Crippen LogP contribution in [-0.2, 0) is 21.2 Å². The lowest BCUT2D eigenvalue weighted by Crippen LogP contribution is -2.42. The van der Waals surface area contributed by atoms with Crippen molar-refractivity contribution in [2.24, 2.45) is 0 Å². The lowest BCUT2D eigenvalue weighted by Gasteiger charge is -2.26. The first-order valence-electron chi connectivity index (χ1n) is 8.15. The molecule has 0 saturated carbocycles. The summed E-state index contributed by atoms with van der Waals surface area (Å²) >= 11 is 1.21. The number of sulfone groups is 1. The highest BCUT2D eigenvalue weighted by Crippen LogP contribution is 2.20. The second-order valence-electron chi connectivity index (χ2n) is 5.84. The van der Waals surface area contributed by atoms with E-state index >= 15 is 0 Å². The Morgan fingerprint density at radius 2 is 2.21 bits per heavy atom. The average molecular weight is 377 g/mol. The molecule has 10 heteroatoms. The zero-order valence-electron chi connectivity index (χ0n) is 14.0.